The average molecular weight is 328 g/mol. The number of hydrogen-bond acceptors (Lipinski definition) is 5. The minimum absolute atomic E-state index is 0.0548. The number of likely N-dealkylation sites (tertiary alicyclic amines) is 1. The number of nitrogens with one attached hydrogen (secondary N) is 1. The first-order valence-electron chi connectivity index (χ1n) is 5.41. The maximum absolute atomic E-state index is 11.7. The fourth-order valence-corrected chi connectivity index (χ4v) is 2.20. The van der Waals surface area contributed by atoms with Crippen LogP contribution in [0.1, 0.15) is 6.42 Å². The third-order valence-corrected chi connectivity index (χ3v) is 3.54. The van der Waals surface area contributed by atoms with Gasteiger partial charge < -0.3 is 5.32 Å². The van der Waals surface area contributed by atoms with Crippen molar-refractivity contribution < 1.29 is 14.5 Å². The second-order valence-corrected chi connectivity index (χ2v) is 4.97. The number of anilines is 1. The smallest absolute Gasteiger partial charge is 0.285 e. The fraction of sp³-hybridized carbons (Fsp3) is 0.273. The van der Waals surface area contributed by atoms with Crippen molar-refractivity contribution in [1.29, 1.82) is 0 Å². The molecule has 1 aromatic carbocycles. The summed E-state index contributed by atoms with van der Waals surface area (Å²) in [6.45, 7) is 0. The lowest BCUT2D eigenvalue weighted by atomic mass is 10.2. The molecule has 1 aromatic rings. The predicted octanol–water partition coefficient (Wildman–Crippen LogP) is 1.53. The number of amides is 2. The van der Waals surface area contributed by atoms with Crippen molar-refractivity contribution in [3.8, 4) is 0 Å². The highest BCUT2D eigenvalue weighted by Gasteiger charge is 2.36. The number of nitro groups is 1. The summed E-state index contributed by atoms with van der Waals surface area (Å²) in [5, 5.41) is 13.6. The van der Waals surface area contributed by atoms with Gasteiger partial charge in [-0.1, -0.05) is 0 Å². The van der Waals surface area contributed by atoms with Crippen LogP contribution in [-0.4, -0.2) is 34.7 Å². The molecule has 1 atom stereocenters. The van der Waals surface area contributed by atoms with Crippen molar-refractivity contribution in [1.82, 2.24) is 4.90 Å². The maximum atomic E-state index is 11.7. The van der Waals surface area contributed by atoms with Crippen LogP contribution in [0, 0.1) is 10.1 Å². The van der Waals surface area contributed by atoms with E-state index in [1.165, 1.54) is 19.2 Å². The number of carbonyl (C=O) groups excluding carboxylic acids is 2. The summed E-state index contributed by atoms with van der Waals surface area (Å²) in [5.74, 6) is -0.607. The zero-order valence-electron chi connectivity index (χ0n) is 9.92. The Hall–Kier alpha value is -1.96. The van der Waals surface area contributed by atoms with Gasteiger partial charge in [0.1, 0.15) is 6.04 Å². The van der Waals surface area contributed by atoms with Crippen molar-refractivity contribution in [2.75, 3.05) is 12.4 Å². The van der Waals surface area contributed by atoms with E-state index in [1.807, 2.05) is 0 Å². The quantitative estimate of drug-likeness (QED) is 0.516. The number of hydrogen-bond donors (Lipinski definition) is 1. The highest BCUT2D eigenvalue weighted by atomic mass is 79.9. The van der Waals surface area contributed by atoms with Crippen LogP contribution in [0.5, 0.6) is 0 Å². The van der Waals surface area contributed by atoms with Crippen LogP contribution >= 0.6 is 15.9 Å². The number of carbonyl (C=O) groups is 2. The third kappa shape index (κ3) is 2.58. The van der Waals surface area contributed by atoms with E-state index < -0.39 is 11.0 Å². The first kappa shape index (κ1) is 13.5. The summed E-state index contributed by atoms with van der Waals surface area (Å²) in [5.41, 5.74) is 0.325. The number of imide groups is 1. The van der Waals surface area contributed by atoms with Crippen LogP contribution in [0.3, 0.4) is 0 Å². The lowest BCUT2D eigenvalue weighted by Gasteiger charge is -2.12. The van der Waals surface area contributed by atoms with Gasteiger partial charge in [-0.3, -0.25) is 24.6 Å². The molecule has 1 unspecified atom stereocenters. The molecule has 2 rings (SSSR count). The van der Waals surface area contributed by atoms with Gasteiger partial charge in [0.25, 0.3) is 11.6 Å². The molecule has 1 fully saturated rings. The van der Waals surface area contributed by atoms with E-state index >= 15 is 0 Å². The Morgan fingerprint density at radius 1 is 1.47 bits per heavy atom. The van der Waals surface area contributed by atoms with Crippen molar-refractivity contribution in [3.05, 3.63) is 32.8 Å². The second kappa shape index (κ2) is 4.96. The zero-order valence-corrected chi connectivity index (χ0v) is 11.5. The summed E-state index contributed by atoms with van der Waals surface area (Å²) in [7, 11) is 1.41. The van der Waals surface area contributed by atoms with Crippen LogP contribution in [0.15, 0.2) is 22.7 Å². The molecule has 0 aromatic heterocycles. The Morgan fingerprint density at radius 3 is 2.68 bits per heavy atom. The Kier molecular flexibility index (Phi) is 3.52. The molecule has 0 aliphatic carbocycles. The molecule has 0 radical (unpaired) electrons. The van der Waals surface area contributed by atoms with E-state index in [9.17, 15) is 19.7 Å². The first-order chi connectivity index (χ1) is 8.90. The topological polar surface area (TPSA) is 92.6 Å². The van der Waals surface area contributed by atoms with E-state index in [4.69, 9.17) is 0 Å². The molecular weight excluding hydrogens is 318 g/mol. The minimum Gasteiger partial charge on any atom is -0.373 e. The molecule has 0 saturated carbocycles. The molecule has 1 N–H and O–H groups in total. The normalized spacial score (nSPS) is 18.8. The molecule has 2 amide bonds. The van der Waals surface area contributed by atoms with Crippen LogP contribution in [0.4, 0.5) is 11.4 Å². The Morgan fingerprint density at radius 2 is 2.16 bits per heavy atom. The van der Waals surface area contributed by atoms with Gasteiger partial charge in [-0.05, 0) is 28.1 Å². The van der Waals surface area contributed by atoms with Gasteiger partial charge in [0.2, 0.25) is 5.91 Å². The molecule has 0 spiro atoms. The number of likely N-dealkylation sites (N-methyl/N-ethyl adjacent to an activating group) is 1. The molecule has 0 bridgehead atoms. The van der Waals surface area contributed by atoms with Crippen LogP contribution in [0.25, 0.3) is 0 Å². The summed E-state index contributed by atoms with van der Waals surface area (Å²) in [6, 6.07) is 3.77. The number of nitrogens with zero attached hydrogens (tertiary/aromatic N) is 2. The standard InChI is InChI=1S/C11H10BrN3O4/c1-14-10(16)5-8(11(14)17)13-6-2-3-7(12)9(4-6)15(18)19/h2-4,8,13H,5H2,1H3. The number of nitro benzene ring substituents is 1. The van der Waals surface area contributed by atoms with Crippen LogP contribution in [-0.2, 0) is 9.59 Å². The van der Waals surface area contributed by atoms with E-state index in [-0.39, 0.29) is 23.9 Å². The molecular formula is C11H10BrN3O4. The third-order valence-electron chi connectivity index (χ3n) is 2.87. The maximum Gasteiger partial charge on any atom is 0.285 e. The number of halogens is 1. The lowest BCUT2D eigenvalue weighted by Crippen LogP contribution is -2.31. The van der Waals surface area contributed by atoms with Crippen LogP contribution < -0.4 is 5.32 Å². The molecule has 1 heterocycles. The Bertz CT molecular complexity index is 575. The highest BCUT2D eigenvalue weighted by Crippen LogP contribution is 2.28. The average Bonchev–Trinajstić information content (AvgIpc) is 2.59. The Labute approximate surface area is 116 Å². The summed E-state index contributed by atoms with van der Waals surface area (Å²) in [4.78, 5) is 34.4. The fourth-order valence-electron chi connectivity index (χ4n) is 1.81. The molecule has 8 heteroatoms. The number of benzene rings is 1. The first-order valence-corrected chi connectivity index (χ1v) is 6.20. The summed E-state index contributed by atoms with van der Waals surface area (Å²) < 4.78 is 0.356. The van der Waals surface area contributed by atoms with E-state index in [2.05, 4.69) is 21.2 Å². The van der Waals surface area contributed by atoms with Crippen molar-refractivity contribution in [2.45, 2.75) is 12.5 Å². The summed E-state index contributed by atoms with van der Waals surface area (Å²) in [6.07, 6.45) is 0.0548. The molecule has 1 aliphatic rings. The lowest BCUT2D eigenvalue weighted by molar-refractivity contribution is -0.385. The van der Waals surface area contributed by atoms with E-state index in [1.54, 1.807) is 6.07 Å². The van der Waals surface area contributed by atoms with Gasteiger partial charge in [0, 0.05) is 18.8 Å². The second-order valence-electron chi connectivity index (χ2n) is 4.12. The monoisotopic (exact) mass is 327 g/mol. The van der Waals surface area contributed by atoms with Gasteiger partial charge in [-0.2, -0.15) is 0 Å². The molecule has 19 heavy (non-hydrogen) atoms. The molecule has 1 saturated heterocycles. The Balaban J connectivity index is 2.21. The molecule has 7 nitrogen and oxygen atoms in total. The van der Waals surface area contributed by atoms with Crippen molar-refractivity contribution >= 4 is 39.1 Å². The van der Waals surface area contributed by atoms with Crippen molar-refractivity contribution in [3.63, 3.8) is 0 Å². The van der Waals surface area contributed by atoms with Crippen molar-refractivity contribution in [2.24, 2.45) is 0 Å². The van der Waals surface area contributed by atoms with Gasteiger partial charge in [0.05, 0.1) is 15.8 Å². The van der Waals surface area contributed by atoms with Gasteiger partial charge in [-0.15, -0.1) is 0 Å². The van der Waals surface area contributed by atoms with E-state index in [0.717, 1.165) is 4.90 Å². The largest absolute Gasteiger partial charge is 0.373 e. The molecule has 100 valence electrons. The van der Waals surface area contributed by atoms with Gasteiger partial charge >= 0.3 is 0 Å². The summed E-state index contributed by atoms with van der Waals surface area (Å²) >= 11 is 3.08. The SMILES string of the molecule is CN1C(=O)CC(Nc2ccc(Br)c([N+](=O)[O-])c2)C1=O. The highest BCUT2D eigenvalue weighted by molar-refractivity contribution is 9.10. The number of rotatable bonds is 3. The van der Waals surface area contributed by atoms with E-state index in [0.29, 0.717) is 10.2 Å². The predicted molar refractivity (Wildman–Crippen MR) is 70.6 cm³/mol. The van der Waals surface area contributed by atoms with Gasteiger partial charge in [0.15, 0.2) is 0 Å². The van der Waals surface area contributed by atoms with Crippen LogP contribution in [0.2, 0.25) is 0 Å². The molecule has 1 aliphatic heterocycles. The minimum atomic E-state index is -0.668. The van der Waals surface area contributed by atoms with Gasteiger partial charge in [-0.25, -0.2) is 0 Å². The zero-order chi connectivity index (χ0) is 14.2.